The van der Waals surface area contributed by atoms with Crippen LogP contribution in [0.4, 0.5) is 4.79 Å². The second-order valence-corrected chi connectivity index (χ2v) is 12.9. The third kappa shape index (κ3) is 5.17. The van der Waals surface area contributed by atoms with Crippen LogP contribution >= 0.6 is 0 Å². The van der Waals surface area contributed by atoms with Crippen molar-refractivity contribution in [3.8, 4) is 5.75 Å². The number of amides is 1. The van der Waals surface area contributed by atoms with E-state index >= 15 is 0 Å². The number of hydrogen-bond acceptors (Lipinski definition) is 6. The van der Waals surface area contributed by atoms with E-state index in [4.69, 9.17) is 25.0 Å². The van der Waals surface area contributed by atoms with E-state index in [1.54, 1.807) is 0 Å². The predicted octanol–water partition coefficient (Wildman–Crippen LogP) is 6.17. The molecule has 1 aromatic carbocycles. The van der Waals surface area contributed by atoms with Gasteiger partial charge in [0.25, 0.3) is 0 Å². The van der Waals surface area contributed by atoms with Crippen LogP contribution in [0.5, 0.6) is 5.75 Å². The smallest absolute Gasteiger partial charge is 0.410 e. The Morgan fingerprint density at radius 2 is 1.78 bits per heavy atom. The zero-order valence-electron chi connectivity index (χ0n) is 22.5. The summed E-state index contributed by atoms with van der Waals surface area (Å²) in [6.45, 7) is 4.66. The number of carbonyl (C=O) groups is 1. The summed E-state index contributed by atoms with van der Waals surface area (Å²) in [6.07, 6.45) is 12.0. The Morgan fingerprint density at radius 1 is 1.00 bits per heavy atom. The van der Waals surface area contributed by atoms with Crippen LogP contribution in [-0.2, 0) is 14.5 Å². The Hall–Kier alpha value is -1.67. The van der Waals surface area contributed by atoms with Crippen LogP contribution in [0.3, 0.4) is 0 Å². The molecule has 6 rings (SSSR count). The van der Waals surface area contributed by atoms with Gasteiger partial charge in [-0.25, -0.2) is 4.79 Å². The molecule has 4 unspecified atom stereocenters. The van der Waals surface area contributed by atoms with Crippen LogP contribution in [0.1, 0.15) is 102 Å². The van der Waals surface area contributed by atoms with Gasteiger partial charge in [-0.3, -0.25) is 0 Å². The van der Waals surface area contributed by atoms with Gasteiger partial charge in [0.1, 0.15) is 5.75 Å². The van der Waals surface area contributed by atoms with Gasteiger partial charge in [0.15, 0.2) is 0 Å². The van der Waals surface area contributed by atoms with Crippen molar-refractivity contribution in [2.75, 3.05) is 0 Å². The number of hydrogen-bond donors (Lipinski definition) is 2. The lowest BCUT2D eigenvalue weighted by molar-refractivity contribution is -0.380. The number of rotatable bonds is 3. The van der Waals surface area contributed by atoms with Crippen LogP contribution < -0.4 is 15.8 Å². The van der Waals surface area contributed by atoms with Gasteiger partial charge in [0.2, 0.25) is 11.6 Å². The van der Waals surface area contributed by atoms with Crippen molar-refractivity contribution in [1.29, 1.82) is 0 Å². The quantitative estimate of drug-likeness (QED) is 0.471. The molecule has 1 saturated heterocycles. The van der Waals surface area contributed by atoms with Crippen molar-refractivity contribution in [1.82, 2.24) is 5.32 Å². The molecule has 3 N–H and O–H groups in total. The molecule has 5 aliphatic rings. The molecule has 1 aliphatic heterocycles. The zero-order chi connectivity index (χ0) is 25.6. The number of ether oxygens (including phenoxy) is 2. The summed E-state index contributed by atoms with van der Waals surface area (Å²) in [5.41, 5.74) is 7.19. The second kappa shape index (κ2) is 10.1. The predicted molar refractivity (Wildman–Crippen MR) is 140 cm³/mol. The van der Waals surface area contributed by atoms with Gasteiger partial charge in [-0.1, -0.05) is 26.0 Å². The molecule has 0 radical (unpaired) electrons. The van der Waals surface area contributed by atoms with Crippen LogP contribution in [0.15, 0.2) is 24.3 Å². The number of nitrogens with one attached hydrogen (secondary N) is 1. The molecule has 7 nitrogen and oxygen atoms in total. The first kappa shape index (κ1) is 25.6. The van der Waals surface area contributed by atoms with E-state index < -0.39 is 11.6 Å². The molecule has 4 aliphatic carbocycles. The van der Waals surface area contributed by atoms with Crippen molar-refractivity contribution in [3.05, 3.63) is 29.8 Å². The van der Waals surface area contributed by atoms with Gasteiger partial charge in [0.05, 0.1) is 0 Å². The van der Waals surface area contributed by atoms with Gasteiger partial charge in [0, 0.05) is 36.8 Å². The Bertz CT molecular complexity index is 959. The molecule has 204 valence electrons. The first-order chi connectivity index (χ1) is 17.8. The SMILES string of the molecule is CC1CC2CC(C)[C@]3(OO[C@@]4(CCC[C@@H](c5ccc(OC(=O)N[C@H]6CC[C@H](N)CC6)cc5)C4)O3)C(C1)C2. The number of fused-ring (bicyclic) bond motifs is 3. The van der Waals surface area contributed by atoms with Crippen molar-refractivity contribution in [3.63, 3.8) is 0 Å². The molecule has 7 atom stereocenters. The molecule has 2 spiro atoms. The van der Waals surface area contributed by atoms with E-state index in [-0.39, 0.29) is 18.2 Å². The van der Waals surface area contributed by atoms with Crippen molar-refractivity contribution in [2.24, 2.45) is 29.4 Å². The fraction of sp³-hybridized carbons (Fsp3) is 0.767. The summed E-state index contributed by atoms with van der Waals surface area (Å²) in [5, 5.41) is 2.98. The third-order valence-electron chi connectivity index (χ3n) is 9.98. The van der Waals surface area contributed by atoms with Gasteiger partial charge in [-0.05, 0) is 99.7 Å². The number of nitrogens with two attached hydrogens (primary N) is 1. The fourth-order valence-corrected chi connectivity index (χ4v) is 8.16. The van der Waals surface area contributed by atoms with Gasteiger partial charge in [-0.15, -0.1) is 0 Å². The molecule has 0 aromatic heterocycles. The average molecular weight is 513 g/mol. The molecule has 5 fully saturated rings. The lowest BCUT2D eigenvalue weighted by atomic mass is 9.62. The minimum absolute atomic E-state index is 0.150. The first-order valence-electron chi connectivity index (χ1n) is 14.7. The van der Waals surface area contributed by atoms with E-state index in [2.05, 4.69) is 31.3 Å². The molecule has 7 heteroatoms. The van der Waals surface area contributed by atoms with Crippen LogP contribution in [0.25, 0.3) is 0 Å². The maximum Gasteiger partial charge on any atom is 0.412 e. The van der Waals surface area contributed by atoms with E-state index in [0.29, 0.717) is 23.5 Å². The van der Waals surface area contributed by atoms with Crippen molar-refractivity contribution >= 4 is 6.09 Å². The van der Waals surface area contributed by atoms with Gasteiger partial charge < -0.3 is 20.5 Å². The van der Waals surface area contributed by atoms with Crippen LogP contribution in [-0.4, -0.2) is 29.8 Å². The van der Waals surface area contributed by atoms with Crippen LogP contribution in [0, 0.1) is 23.7 Å². The molecule has 1 aromatic rings. The Labute approximate surface area is 221 Å². The number of benzene rings is 1. The van der Waals surface area contributed by atoms with E-state index in [1.807, 2.05) is 12.1 Å². The topological polar surface area (TPSA) is 92.0 Å². The monoisotopic (exact) mass is 512 g/mol. The Morgan fingerprint density at radius 3 is 2.57 bits per heavy atom. The first-order valence-corrected chi connectivity index (χ1v) is 14.7. The van der Waals surface area contributed by atoms with E-state index in [1.165, 1.54) is 18.4 Å². The summed E-state index contributed by atoms with van der Waals surface area (Å²) in [4.78, 5) is 24.8. The highest BCUT2D eigenvalue weighted by Gasteiger charge is 2.63. The summed E-state index contributed by atoms with van der Waals surface area (Å²) in [5.74, 6) is 1.89. The highest BCUT2D eigenvalue weighted by atomic mass is 17.3. The normalized spacial score (nSPS) is 43.6. The number of carbonyl (C=O) groups excluding carboxylic acids is 1. The van der Waals surface area contributed by atoms with Crippen molar-refractivity contribution < 1.29 is 24.0 Å². The Kier molecular flexibility index (Phi) is 7.02. The third-order valence-corrected chi connectivity index (χ3v) is 9.98. The highest BCUT2D eigenvalue weighted by molar-refractivity contribution is 5.70. The maximum absolute atomic E-state index is 12.4. The highest BCUT2D eigenvalue weighted by Crippen LogP contribution is 2.59. The summed E-state index contributed by atoms with van der Waals surface area (Å²) < 4.78 is 12.5. The lowest BCUT2D eigenvalue weighted by Gasteiger charge is -2.50. The second-order valence-electron chi connectivity index (χ2n) is 12.9. The van der Waals surface area contributed by atoms with Crippen LogP contribution in [0.2, 0.25) is 0 Å². The molecule has 1 heterocycles. The zero-order valence-corrected chi connectivity index (χ0v) is 22.5. The van der Waals surface area contributed by atoms with Crippen molar-refractivity contribution in [2.45, 2.75) is 120 Å². The Balaban J connectivity index is 1.08. The van der Waals surface area contributed by atoms with E-state index in [0.717, 1.165) is 76.0 Å². The molecular weight excluding hydrogens is 468 g/mol. The molecular formula is C30H44N2O5. The average Bonchev–Trinajstić information content (AvgIpc) is 3.24. The molecule has 1 amide bonds. The maximum atomic E-state index is 12.4. The van der Waals surface area contributed by atoms with Gasteiger partial charge in [-0.2, -0.15) is 9.78 Å². The summed E-state index contributed by atoms with van der Waals surface area (Å²) in [7, 11) is 0. The fourth-order valence-electron chi connectivity index (χ4n) is 8.16. The molecule has 4 saturated carbocycles. The summed E-state index contributed by atoms with van der Waals surface area (Å²) in [6, 6.07) is 8.35. The largest absolute Gasteiger partial charge is 0.412 e. The van der Waals surface area contributed by atoms with Gasteiger partial charge >= 0.3 is 6.09 Å². The molecule has 37 heavy (non-hydrogen) atoms. The summed E-state index contributed by atoms with van der Waals surface area (Å²) >= 11 is 0. The lowest BCUT2D eigenvalue weighted by Crippen LogP contribution is -2.54. The standard InChI is InChI=1S/C30H44N2O5/c1-19-14-21-16-20(2)30(24(15-19)17-21)35-29(36-37-30)13-3-4-23(18-29)22-5-11-27(12-6-22)34-28(33)32-26-9-7-25(31)8-10-26/h5-6,11-12,19-21,23-26H,3-4,7-10,13-18,31H2,1-2H3,(H,32,33)/t19?,20?,21?,23-,24?,25-,26-,29-,30+/m1/s1. The minimum atomic E-state index is -0.664. The molecule has 2 bridgehead atoms. The minimum Gasteiger partial charge on any atom is -0.410 e. The van der Waals surface area contributed by atoms with E-state index in [9.17, 15) is 4.79 Å².